The number of fused-ring (bicyclic) bond motifs is 1. The highest BCUT2D eigenvalue weighted by atomic mass is 35.5. The second kappa shape index (κ2) is 9.43. The number of carbonyl (C=O) groups is 2. The molecule has 1 amide bonds. The highest BCUT2D eigenvalue weighted by molar-refractivity contribution is 7.16. The normalized spacial score (nSPS) is 10.8. The summed E-state index contributed by atoms with van der Waals surface area (Å²) in [6.45, 7) is 1.82. The molecule has 0 spiro atoms. The molecule has 1 N–H and O–H groups in total. The van der Waals surface area contributed by atoms with Crippen molar-refractivity contribution >= 4 is 50.6 Å². The van der Waals surface area contributed by atoms with E-state index in [2.05, 4.69) is 10.4 Å². The molecule has 4 rings (SSSR count). The molecule has 0 saturated carbocycles. The number of amides is 1. The Morgan fingerprint density at radius 2 is 1.97 bits per heavy atom. The Kier molecular flexibility index (Phi) is 6.43. The quantitative estimate of drug-likeness (QED) is 0.404. The maximum Gasteiger partial charge on any atom is 0.359 e. The first-order valence-electron chi connectivity index (χ1n) is 9.86. The zero-order chi connectivity index (χ0) is 23.5. The van der Waals surface area contributed by atoms with Gasteiger partial charge in [0.2, 0.25) is 0 Å². The molecule has 10 heteroatoms. The van der Waals surface area contributed by atoms with Crippen molar-refractivity contribution in [1.82, 2.24) is 9.78 Å². The summed E-state index contributed by atoms with van der Waals surface area (Å²) in [6.07, 6.45) is 0. The van der Waals surface area contributed by atoms with Crippen molar-refractivity contribution in [2.45, 2.75) is 6.92 Å². The molecule has 33 heavy (non-hydrogen) atoms. The number of nitrogens with one attached hydrogen (secondary N) is 1. The van der Waals surface area contributed by atoms with Crippen LogP contribution in [0.25, 0.3) is 16.5 Å². The van der Waals surface area contributed by atoms with Crippen LogP contribution in [0.4, 0.5) is 5.00 Å². The van der Waals surface area contributed by atoms with Crippen LogP contribution in [-0.4, -0.2) is 35.4 Å². The van der Waals surface area contributed by atoms with Crippen molar-refractivity contribution in [3.63, 3.8) is 0 Å². The largest absolute Gasteiger partial charge is 0.497 e. The second-order valence-corrected chi connectivity index (χ2v) is 8.12. The lowest BCUT2D eigenvalue weighted by molar-refractivity contribution is 0.0520. The predicted octanol–water partition coefficient (Wildman–Crippen LogP) is 4.54. The summed E-state index contributed by atoms with van der Waals surface area (Å²) in [5.41, 5.74) is 0.175. The molecular weight excluding hydrogens is 466 g/mol. The minimum atomic E-state index is -0.679. The van der Waals surface area contributed by atoms with Crippen LogP contribution in [0.5, 0.6) is 5.75 Å². The number of hydrogen-bond donors (Lipinski definition) is 1. The average molecular weight is 484 g/mol. The van der Waals surface area contributed by atoms with E-state index in [9.17, 15) is 14.4 Å². The molecule has 2 aromatic carbocycles. The summed E-state index contributed by atoms with van der Waals surface area (Å²) in [5, 5.41) is 9.74. The lowest BCUT2D eigenvalue weighted by Gasteiger charge is -2.10. The van der Waals surface area contributed by atoms with Crippen LogP contribution in [0.15, 0.2) is 58.7 Å². The van der Waals surface area contributed by atoms with Gasteiger partial charge < -0.3 is 14.8 Å². The lowest BCUT2D eigenvalue weighted by Crippen LogP contribution is -2.25. The first kappa shape index (κ1) is 22.5. The molecule has 0 atom stereocenters. The monoisotopic (exact) mass is 483 g/mol. The van der Waals surface area contributed by atoms with Crippen LogP contribution in [-0.2, 0) is 4.74 Å². The maximum atomic E-state index is 13.4. The number of carbonyl (C=O) groups excluding carboxylic acids is 2. The number of rotatable bonds is 6. The number of hydrogen-bond acceptors (Lipinski definition) is 7. The van der Waals surface area contributed by atoms with Crippen molar-refractivity contribution in [3.05, 3.63) is 80.5 Å². The number of benzene rings is 2. The van der Waals surface area contributed by atoms with E-state index >= 15 is 0 Å². The zero-order valence-corrected chi connectivity index (χ0v) is 19.2. The molecule has 2 aromatic heterocycles. The van der Waals surface area contributed by atoms with Gasteiger partial charge >= 0.3 is 5.97 Å². The fourth-order valence-corrected chi connectivity index (χ4v) is 4.33. The SMILES string of the molecule is CCOC(=O)c1nn(-c2cccc(Cl)c2)c(=O)c2c(NC(=O)c3cccc(OC)c3)scc12. The van der Waals surface area contributed by atoms with Crippen molar-refractivity contribution < 1.29 is 19.1 Å². The van der Waals surface area contributed by atoms with E-state index in [4.69, 9.17) is 21.1 Å². The Labute approximate surface area is 197 Å². The molecule has 0 unspecified atom stereocenters. The topological polar surface area (TPSA) is 99.5 Å². The summed E-state index contributed by atoms with van der Waals surface area (Å²) in [6, 6.07) is 13.1. The molecule has 0 aliphatic carbocycles. The fraction of sp³-hybridized carbons (Fsp3) is 0.130. The Bertz CT molecular complexity index is 1430. The van der Waals surface area contributed by atoms with Crippen LogP contribution in [0.1, 0.15) is 27.8 Å². The Balaban J connectivity index is 1.87. The molecule has 8 nitrogen and oxygen atoms in total. The van der Waals surface area contributed by atoms with E-state index < -0.39 is 17.4 Å². The smallest absolute Gasteiger partial charge is 0.359 e. The van der Waals surface area contributed by atoms with Crippen LogP contribution >= 0.6 is 22.9 Å². The van der Waals surface area contributed by atoms with Gasteiger partial charge in [0.1, 0.15) is 10.8 Å². The van der Waals surface area contributed by atoms with Gasteiger partial charge in [-0.15, -0.1) is 11.3 Å². The molecule has 2 heterocycles. The second-order valence-electron chi connectivity index (χ2n) is 6.81. The van der Waals surface area contributed by atoms with Gasteiger partial charge in [-0.1, -0.05) is 23.7 Å². The summed E-state index contributed by atoms with van der Waals surface area (Å²) in [7, 11) is 1.51. The molecule has 168 valence electrons. The molecule has 0 fully saturated rings. The van der Waals surface area contributed by atoms with Gasteiger partial charge in [-0.25, -0.2) is 4.79 Å². The van der Waals surface area contributed by atoms with Gasteiger partial charge in [-0.05, 0) is 43.3 Å². The first-order valence-corrected chi connectivity index (χ1v) is 11.1. The van der Waals surface area contributed by atoms with Gasteiger partial charge in [-0.3, -0.25) is 9.59 Å². The van der Waals surface area contributed by atoms with Crippen LogP contribution in [0.2, 0.25) is 5.02 Å². The highest BCUT2D eigenvalue weighted by Gasteiger charge is 2.23. The van der Waals surface area contributed by atoms with Crippen LogP contribution in [0, 0.1) is 0 Å². The van der Waals surface area contributed by atoms with E-state index in [0.717, 1.165) is 16.0 Å². The van der Waals surface area contributed by atoms with E-state index in [1.165, 1.54) is 7.11 Å². The van der Waals surface area contributed by atoms with Crippen molar-refractivity contribution in [2.75, 3.05) is 19.0 Å². The number of halogens is 1. The molecule has 0 aliphatic rings. The third kappa shape index (κ3) is 4.46. The highest BCUT2D eigenvalue weighted by Crippen LogP contribution is 2.31. The summed E-state index contributed by atoms with van der Waals surface area (Å²) in [5.74, 6) is -0.585. The molecule has 0 aliphatic heterocycles. The lowest BCUT2D eigenvalue weighted by atomic mass is 10.2. The Hall–Kier alpha value is -3.69. The molecular formula is C23H18ClN3O5S. The van der Waals surface area contributed by atoms with Crippen molar-refractivity contribution in [1.29, 1.82) is 0 Å². The van der Waals surface area contributed by atoms with Crippen molar-refractivity contribution in [2.24, 2.45) is 0 Å². The van der Waals surface area contributed by atoms with E-state index in [0.29, 0.717) is 27.4 Å². The minimum absolute atomic E-state index is 0.0374. The minimum Gasteiger partial charge on any atom is -0.497 e. The fourth-order valence-electron chi connectivity index (χ4n) is 3.21. The summed E-state index contributed by atoms with van der Waals surface area (Å²) >= 11 is 7.21. The van der Waals surface area contributed by atoms with Gasteiger partial charge in [0.05, 0.1) is 24.8 Å². The number of aromatic nitrogens is 2. The van der Waals surface area contributed by atoms with Gasteiger partial charge in [-0.2, -0.15) is 9.78 Å². The Morgan fingerprint density at radius 1 is 1.18 bits per heavy atom. The third-order valence-corrected chi connectivity index (χ3v) is 5.86. The maximum absolute atomic E-state index is 13.4. The summed E-state index contributed by atoms with van der Waals surface area (Å²) in [4.78, 5) is 38.9. The number of thiophene rings is 1. The van der Waals surface area contributed by atoms with Crippen molar-refractivity contribution in [3.8, 4) is 11.4 Å². The standard InChI is InChI=1S/C23H18ClN3O5S/c1-3-32-23(30)19-17-12-33-21(25-20(28)13-6-4-9-16(10-13)31-2)18(17)22(29)27(26-19)15-8-5-7-14(24)11-15/h4-12H,3H2,1-2H3,(H,25,28). The Morgan fingerprint density at radius 3 is 2.70 bits per heavy atom. The third-order valence-electron chi connectivity index (χ3n) is 4.73. The molecule has 0 radical (unpaired) electrons. The van der Waals surface area contributed by atoms with Gasteiger partial charge in [0.15, 0.2) is 5.69 Å². The number of esters is 1. The van der Waals surface area contributed by atoms with E-state index in [-0.39, 0.29) is 22.7 Å². The number of methoxy groups -OCH3 is 1. The molecule has 4 aromatic rings. The zero-order valence-electron chi connectivity index (χ0n) is 17.6. The van der Waals surface area contributed by atoms with E-state index in [1.807, 2.05) is 0 Å². The predicted molar refractivity (Wildman–Crippen MR) is 127 cm³/mol. The number of ether oxygens (including phenoxy) is 2. The average Bonchev–Trinajstić information content (AvgIpc) is 3.23. The molecule has 0 bridgehead atoms. The van der Waals surface area contributed by atoms with Crippen LogP contribution in [0.3, 0.4) is 0 Å². The first-order chi connectivity index (χ1) is 15.9. The molecule has 0 saturated heterocycles. The van der Waals surface area contributed by atoms with Gasteiger partial charge in [0, 0.05) is 21.4 Å². The number of anilines is 1. The van der Waals surface area contributed by atoms with Gasteiger partial charge in [0.25, 0.3) is 11.5 Å². The van der Waals surface area contributed by atoms with E-state index in [1.54, 1.807) is 60.8 Å². The van der Waals surface area contributed by atoms with Crippen LogP contribution < -0.4 is 15.6 Å². The number of nitrogens with zero attached hydrogens (tertiary/aromatic N) is 2. The summed E-state index contributed by atoms with van der Waals surface area (Å²) < 4.78 is 11.4.